The fourth-order valence-corrected chi connectivity index (χ4v) is 3.60. The van der Waals surface area contributed by atoms with Crippen LogP contribution in [0.25, 0.3) is 0 Å². The highest BCUT2D eigenvalue weighted by Gasteiger charge is 2.22. The molecular formula is C16H24N2O2S. The van der Waals surface area contributed by atoms with E-state index in [9.17, 15) is 8.42 Å². The summed E-state index contributed by atoms with van der Waals surface area (Å²) in [6.07, 6.45) is 7.20. The minimum atomic E-state index is -3.36. The number of sulfonamides is 1. The first-order chi connectivity index (χ1) is 10.1. The molecule has 1 aromatic carbocycles. The second kappa shape index (κ2) is 6.46. The van der Waals surface area contributed by atoms with Crippen LogP contribution in [0.2, 0.25) is 0 Å². The average Bonchev–Trinajstić information content (AvgIpc) is 3.37. The Morgan fingerprint density at radius 2 is 1.95 bits per heavy atom. The summed E-state index contributed by atoms with van der Waals surface area (Å²) in [5, 5.41) is 3.41. The van der Waals surface area contributed by atoms with Gasteiger partial charge in [-0.1, -0.05) is 25.0 Å². The lowest BCUT2D eigenvalue weighted by Crippen LogP contribution is -2.25. The zero-order valence-corrected chi connectivity index (χ0v) is 13.2. The lowest BCUT2D eigenvalue weighted by Gasteiger charge is -2.09. The molecular weight excluding hydrogens is 284 g/mol. The van der Waals surface area contributed by atoms with Gasteiger partial charge in [0, 0.05) is 19.1 Å². The molecule has 5 heteroatoms. The van der Waals surface area contributed by atoms with Crippen molar-refractivity contribution in [3.63, 3.8) is 0 Å². The number of benzene rings is 1. The zero-order chi connectivity index (χ0) is 14.7. The van der Waals surface area contributed by atoms with Crippen LogP contribution in [0.15, 0.2) is 29.2 Å². The molecule has 0 bridgehead atoms. The highest BCUT2D eigenvalue weighted by atomic mass is 32.2. The third kappa shape index (κ3) is 4.80. The molecule has 0 radical (unpaired) electrons. The van der Waals surface area contributed by atoms with Crippen molar-refractivity contribution >= 4 is 10.0 Å². The molecule has 0 aliphatic heterocycles. The van der Waals surface area contributed by atoms with Gasteiger partial charge in [0.05, 0.1) is 4.90 Å². The fourth-order valence-electron chi connectivity index (χ4n) is 2.46. The molecule has 2 fully saturated rings. The first-order valence-corrected chi connectivity index (χ1v) is 9.44. The van der Waals surface area contributed by atoms with E-state index in [1.807, 2.05) is 12.1 Å². The maximum atomic E-state index is 12.3. The molecule has 21 heavy (non-hydrogen) atoms. The predicted molar refractivity (Wildman–Crippen MR) is 83.5 cm³/mol. The monoisotopic (exact) mass is 308 g/mol. The topological polar surface area (TPSA) is 58.2 Å². The number of hydrogen-bond acceptors (Lipinski definition) is 3. The van der Waals surface area contributed by atoms with Crippen LogP contribution >= 0.6 is 0 Å². The summed E-state index contributed by atoms with van der Waals surface area (Å²) in [6.45, 7) is 1.29. The molecule has 2 aliphatic carbocycles. The van der Waals surface area contributed by atoms with Crippen LogP contribution in [0, 0.1) is 5.92 Å². The Hall–Kier alpha value is -0.910. The predicted octanol–water partition coefficient (Wildman–Crippen LogP) is 2.41. The van der Waals surface area contributed by atoms with E-state index in [0.29, 0.717) is 17.5 Å². The van der Waals surface area contributed by atoms with Crippen molar-refractivity contribution < 1.29 is 8.42 Å². The van der Waals surface area contributed by atoms with Crippen molar-refractivity contribution in [2.45, 2.75) is 56.0 Å². The molecule has 3 rings (SSSR count). The number of nitrogens with one attached hydrogen (secondary N) is 2. The summed E-state index contributed by atoms with van der Waals surface area (Å²) in [5.74, 6) is 0.853. The Labute approximate surface area is 127 Å². The average molecular weight is 308 g/mol. The van der Waals surface area contributed by atoms with Crippen molar-refractivity contribution in [3.05, 3.63) is 29.8 Å². The van der Waals surface area contributed by atoms with E-state index in [4.69, 9.17) is 0 Å². The second-order valence-corrected chi connectivity index (χ2v) is 8.05. The Kier molecular flexibility index (Phi) is 4.62. The molecule has 0 heterocycles. The van der Waals surface area contributed by atoms with Crippen LogP contribution < -0.4 is 10.0 Å². The van der Waals surface area contributed by atoms with Crippen molar-refractivity contribution in [1.82, 2.24) is 10.0 Å². The standard InChI is InChI=1S/C16H24N2O2S/c19-21(20,18-10-2-4-13-6-7-13)16-5-1-3-14(11-16)12-17-15-8-9-15/h1,3,5,11,13,15,17-18H,2,4,6-10,12H2. The number of hydrogen-bond donors (Lipinski definition) is 2. The number of rotatable bonds is 9. The van der Waals surface area contributed by atoms with Gasteiger partial charge in [0.1, 0.15) is 0 Å². The Morgan fingerprint density at radius 1 is 1.14 bits per heavy atom. The maximum Gasteiger partial charge on any atom is 0.240 e. The van der Waals surface area contributed by atoms with Gasteiger partial charge in [-0.05, 0) is 49.3 Å². The molecule has 2 saturated carbocycles. The largest absolute Gasteiger partial charge is 0.310 e. The molecule has 0 aromatic heterocycles. The first-order valence-electron chi connectivity index (χ1n) is 7.95. The minimum Gasteiger partial charge on any atom is -0.310 e. The SMILES string of the molecule is O=S(=O)(NCCCC1CC1)c1cccc(CNC2CC2)c1. The molecule has 0 amide bonds. The van der Waals surface area contributed by atoms with E-state index >= 15 is 0 Å². The molecule has 0 atom stereocenters. The van der Waals surface area contributed by atoms with Gasteiger partial charge < -0.3 is 5.32 Å². The van der Waals surface area contributed by atoms with Crippen LogP contribution in [0.3, 0.4) is 0 Å². The highest BCUT2D eigenvalue weighted by molar-refractivity contribution is 7.89. The van der Waals surface area contributed by atoms with Crippen LogP contribution in [-0.2, 0) is 16.6 Å². The molecule has 2 aliphatic rings. The Balaban J connectivity index is 1.53. The zero-order valence-electron chi connectivity index (χ0n) is 12.3. The van der Waals surface area contributed by atoms with E-state index in [-0.39, 0.29) is 0 Å². The van der Waals surface area contributed by atoms with Gasteiger partial charge >= 0.3 is 0 Å². The smallest absolute Gasteiger partial charge is 0.240 e. The molecule has 2 N–H and O–H groups in total. The molecule has 0 spiro atoms. The third-order valence-electron chi connectivity index (χ3n) is 4.16. The summed E-state index contributed by atoms with van der Waals surface area (Å²) in [6, 6.07) is 7.87. The van der Waals surface area contributed by atoms with E-state index < -0.39 is 10.0 Å². The Bertz CT molecular complexity index is 578. The van der Waals surface area contributed by atoms with Crippen LogP contribution in [0.5, 0.6) is 0 Å². The van der Waals surface area contributed by atoms with E-state index in [0.717, 1.165) is 30.9 Å². The quantitative estimate of drug-likeness (QED) is 0.689. The third-order valence-corrected chi connectivity index (χ3v) is 5.62. The van der Waals surface area contributed by atoms with E-state index in [1.165, 1.54) is 25.7 Å². The molecule has 0 unspecified atom stereocenters. The molecule has 1 aromatic rings. The van der Waals surface area contributed by atoms with Crippen LogP contribution in [0.1, 0.15) is 44.1 Å². The fraction of sp³-hybridized carbons (Fsp3) is 0.625. The summed E-state index contributed by atoms with van der Waals surface area (Å²) in [5.41, 5.74) is 1.03. The summed E-state index contributed by atoms with van der Waals surface area (Å²) < 4.78 is 27.2. The minimum absolute atomic E-state index is 0.379. The van der Waals surface area contributed by atoms with Gasteiger partial charge in [-0.15, -0.1) is 0 Å². The van der Waals surface area contributed by atoms with Crippen molar-refractivity contribution in [1.29, 1.82) is 0 Å². The van der Waals surface area contributed by atoms with Crippen molar-refractivity contribution in [3.8, 4) is 0 Å². The lowest BCUT2D eigenvalue weighted by atomic mass is 10.2. The molecule has 116 valence electrons. The van der Waals surface area contributed by atoms with E-state index in [2.05, 4.69) is 10.0 Å². The van der Waals surface area contributed by atoms with Gasteiger partial charge in [-0.2, -0.15) is 0 Å². The summed E-state index contributed by atoms with van der Waals surface area (Å²) >= 11 is 0. The van der Waals surface area contributed by atoms with Crippen LogP contribution in [0.4, 0.5) is 0 Å². The second-order valence-electron chi connectivity index (χ2n) is 6.29. The molecule has 4 nitrogen and oxygen atoms in total. The maximum absolute atomic E-state index is 12.3. The van der Waals surface area contributed by atoms with Gasteiger partial charge in [0.15, 0.2) is 0 Å². The highest BCUT2D eigenvalue weighted by Crippen LogP contribution is 2.33. The lowest BCUT2D eigenvalue weighted by molar-refractivity contribution is 0.572. The van der Waals surface area contributed by atoms with E-state index in [1.54, 1.807) is 12.1 Å². The summed E-state index contributed by atoms with van der Waals surface area (Å²) in [7, 11) is -3.36. The van der Waals surface area contributed by atoms with Crippen molar-refractivity contribution in [2.75, 3.05) is 6.54 Å². The van der Waals surface area contributed by atoms with Crippen LogP contribution in [-0.4, -0.2) is 21.0 Å². The summed E-state index contributed by atoms with van der Waals surface area (Å²) in [4.78, 5) is 0.379. The molecule has 0 saturated heterocycles. The Morgan fingerprint density at radius 3 is 2.67 bits per heavy atom. The van der Waals surface area contributed by atoms with Gasteiger partial charge in [0.2, 0.25) is 10.0 Å². The normalized spacial score (nSPS) is 18.9. The first kappa shape index (κ1) is 15.0. The van der Waals surface area contributed by atoms with Gasteiger partial charge in [0.25, 0.3) is 0 Å². The van der Waals surface area contributed by atoms with Gasteiger partial charge in [-0.25, -0.2) is 13.1 Å². The van der Waals surface area contributed by atoms with Crippen molar-refractivity contribution in [2.24, 2.45) is 5.92 Å². The van der Waals surface area contributed by atoms with Gasteiger partial charge in [-0.3, -0.25) is 0 Å².